The van der Waals surface area contributed by atoms with E-state index in [1.807, 2.05) is 41.8 Å². The van der Waals surface area contributed by atoms with Crippen molar-refractivity contribution in [3.63, 3.8) is 0 Å². The topological polar surface area (TPSA) is 80.0 Å². The molecule has 4 rings (SSSR count). The number of anilines is 1. The maximum Gasteiger partial charge on any atom is 0.237 e. The molecule has 0 spiro atoms. The van der Waals surface area contributed by atoms with Crippen LogP contribution in [0.5, 0.6) is 5.75 Å². The molecule has 2 N–H and O–H groups in total. The number of para-hydroxylation sites is 1. The van der Waals surface area contributed by atoms with E-state index in [2.05, 4.69) is 46.7 Å². The summed E-state index contributed by atoms with van der Waals surface area (Å²) in [5.74, 6) is 1.44. The van der Waals surface area contributed by atoms with Gasteiger partial charge >= 0.3 is 0 Å². The first-order valence-electron chi connectivity index (χ1n) is 11.0. The van der Waals surface area contributed by atoms with Gasteiger partial charge in [-0.05, 0) is 49.7 Å². The average molecular weight is 491 g/mol. The van der Waals surface area contributed by atoms with Crippen LogP contribution in [0.15, 0.2) is 88.9 Å². The minimum absolute atomic E-state index is 0.109. The lowest BCUT2D eigenvalue weighted by Crippen LogP contribution is -2.25. The van der Waals surface area contributed by atoms with Crippen molar-refractivity contribution in [2.45, 2.75) is 41.3 Å². The lowest BCUT2D eigenvalue weighted by Gasteiger charge is -2.16. The monoisotopic (exact) mass is 490 g/mol. The molecule has 1 atom stereocenters. The summed E-state index contributed by atoms with van der Waals surface area (Å²) in [5, 5.41) is 21.8. The van der Waals surface area contributed by atoms with Crippen LogP contribution in [0, 0.1) is 6.92 Å². The Labute approximate surface area is 207 Å². The van der Waals surface area contributed by atoms with E-state index in [0.29, 0.717) is 23.0 Å². The van der Waals surface area contributed by atoms with Gasteiger partial charge in [0, 0.05) is 22.3 Å². The van der Waals surface area contributed by atoms with Crippen molar-refractivity contribution in [3.05, 3.63) is 90.3 Å². The molecule has 0 aliphatic rings. The van der Waals surface area contributed by atoms with E-state index in [1.54, 1.807) is 30.0 Å². The van der Waals surface area contributed by atoms with Gasteiger partial charge in [0.15, 0.2) is 5.16 Å². The number of nitrogens with one attached hydrogen (secondary N) is 1. The number of phenols is 1. The first-order valence-corrected chi connectivity index (χ1v) is 12.9. The van der Waals surface area contributed by atoms with E-state index in [1.165, 1.54) is 28.3 Å². The standard InChI is InChI=1S/C26H26N4O2S2/c1-3-23(25(32)27-19-8-7-11-21(31)16-19)34-26-29-28-24(30(26)20-9-5-4-6-10-20)17-33-22-14-12-18(2)13-15-22/h4-16,23,31H,3,17H2,1-2H3,(H,27,32). The molecular formula is C26H26N4O2S2. The Hall–Kier alpha value is -3.23. The number of aromatic hydroxyl groups is 1. The van der Waals surface area contributed by atoms with E-state index in [9.17, 15) is 9.90 Å². The zero-order valence-corrected chi connectivity index (χ0v) is 20.6. The molecule has 4 aromatic rings. The molecule has 34 heavy (non-hydrogen) atoms. The summed E-state index contributed by atoms with van der Waals surface area (Å²) < 4.78 is 2.02. The van der Waals surface area contributed by atoms with Gasteiger partial charge in [-0.15, -0.1) is 22.0 Å². The molecule has 0 aliphatic heterocycles. The van der Waals surface area contributed by atoms with Gasteiger partial charge < -0.3 is 10.4 Å². The van der Waals surface area contributed by atoms with Gasteiger partial charge in [-0.2, -0.15) is 0 Å². The molecule has 8 heteroatoms. The number of aromatic nitrogens is 3. The van der Waals surface area contributed by atoms with Crippen LogP contribution in [0.1, 0.15) is 24.7 Å². The summed E-state index contributed by atoms with van der Waals surface area (Å²) >= 11 is 3.09. The summed E-state index contributed by atoms with van der Waals surface area (Å²) in [7, 11) is 0. The fourth-order valence-corrected chi connectivity index (χ4v) is 5.15. The number of hydrogen-bond donors (Lipinski definition) is 2. The van der Waals surface area contributed by atoms with Crippen LogP contribution in [0.2, 0.25) is 0 Å². The molecule has 6 nitrogen and oxygen atoms in total. The van der Waals surface area contributed by atoms with Gasteiger partial charge in [-0.3, -0.25) is 9.36 Å². The SMILES string of the molecule is CCC(Sc1nnc(CSc2ccc(C)cc2)n1-c1ccccc1)C(=O)Nc1cccc(O)c1. The van der Waals surface area contributed by atoms with Gasteiger partial charge in [0.05, 0.1) is 11.0 Å². The number of aryl methyl sites for hydroxylation is 1. The Morgan fingerprint density at radius 2 is 1.79 bits per heavy atom. The van der Waals surface area contributed by atoms with Gasteiger partial charge in [-0.25, -0.2) is 0 Å². The third-order valence-corrected chi connectivity index (χ3v) is 7.44. The van der Waals surface area contributed by atoms with Crippen molar-refractivity contribution in [2.75, 3.05) is 5.32 Å². The van der Waals surface area contributed by atoms with Crippen LogP contribution in [0.3, 0.4) is 0 Å². The highest BCUT2D eigenvalue weighted by Gasteiger charge is 2.23. The van der Waals surface area contributed by atoms with Crippen molar-refractivity contribution in [2.24, 2.45) is 0 Å². The molecule has 3 aromatic carbocycles. The second kappa shape index (κ2) is 11.3. The highest BCUT2D eigenvalue weighted by molar-refractivity contribution is 8.00. The third kappa shape index (κ3) is 6.01. The van der Waals surface area contributed by atoms with Crippen molar-refractivity contribution >= 4 is 35.1 Å². The van der Waals surface area contributed by atoms with Crippen molar-refractivity contribution in [3.8, 4) is 11.4 Å². The number of amides is 1. The molecule has 0 aliphatic carbocycles. The smallest absolute Gasteiger partial charge is 0.237 e. The lowest BCUT2D eigenvalue weighted by atomic mass is 10.2. The van der Waals surface area contributed by atoms with E-state index in [4.69, 9.17) is 0 Å². The summed E-state index contributed by atoms with van der Waals surface area (Å²) in [6, 6.07) is 24.9. The largest absolute Gasteiger partial charge is 0.508 e. The van der Waals surface area contributed by atoms with Crippen LogP contribution in [0.4, 0.5) is 5.69 Å². The summed E-state index contributed by atoms with van der Waals surface area (Å²) in [6.45, 7) is 4.04. The number of nitrogens with zero attached hydrogens (tertiary/aromatic N) is 3. The molecule has 1 aromatic heterocycles. The van der Waals surface area contributed by atoms with Crippen molar-refractivity contribution in [1.82, 2.24) is 14.8 Å². The van der Waals surface area contributed by atoms with E-state index in [-0.39, 0.29) is 16.9 Å². The molecule has 1 amide bonds. The highest BCUT2D eigenvalue weighted by Crippen LogP contribution is 2.31. The number of carbonyl (C=O) groups is 1. The van der Waals surface area contributed by atoms with Crippen LogP contribution in [0.25, 0.3) is 5.69 Å². The van der Waals surface area contributed by atoms with Crippen LogP contribution in [-0.4, -0.2) is 31.0 Å². The van der Waals surface area contributed by atoms with Crippen molar-refractivity contribution in [1.29, 1.82) is 0 Å². The predicted molar refractivity (Wildman–Crippen MR) is 139 cm³/mol. The highest BCUT2D eigenvalue weighted by atomic mass is 32.2. The van der Waals surface area contributed by atoms with E-state index >= 15 is 0 Å². The summed E-state index contributed by atoms with van der Waals surface area (Å²) in [5.41, 5.74) is 2.74. The Balaban J connectivity index is 1.56. The number of carbonyl (C=O) groups excluding carboxylic acids is 1. The molecule has 0 radical (unpaired) electrons. The van der Waals surface area contributed by atoms with Gasteiger partial charge in [0.25, 0.3) is 0 Å². The van der Waals surface area contributed by atoms with Gasteiger partial charge in [0.2, 0.25) is 5.91 Å². The molecular weight excluding hydrogens is 464 g/mol. The molecule has 0 saturated carbocycles. The minimum atomic E-state index is -0.369. The molecule has 1 unspecified atom stereocenters. The number of phenolic OH excluding ortho intramolecular Hbond substituents is 1. The second-order valence-electron chi connectivity index (χ2n) is 7.73. The molecule has 174 valence electrons. The van der Waals surface area contributed by atoms with Crippen molar-refractivity contribution < 1.29 is 9.90 Å². The maximum atomic E-state index is 13.0. The number of benzene rings is 3. The quantitative estimate of drug-likeness (QED) is 0.277. The Morgan fingerprint density at radius 3 is 2.50 bits per heavy atom. The lowest BCUT2D eigenvalue weighted by molar-refractivity contribution is -0.115. The molecule has 1 heterocycles. The maximum absolute atomic E-state index is 13.0. The zero-order valence-electron chi connectivity index (χ0n) is 19.0. The summed E-state index contributed by atoms with van der Waals surface area (Å²) in [4.78, 5) is 14.1. The first kappa shape index (κ1) is 23.9. The first-order chi connectivity index (χ1) is 16.5. The van der Waals surface area contributed by atoms with Crippen LogP contribution >= 0.6 is 23.5 Å². The van der Waals surface area contributed by atoms with E-state index < -0.39 is 0 Å². The Bertz CT molecular complexity index is 1240. The van der Waals surface area contributed by atoms with Gasteiger partial charge in [-0.1, -0.05) is 60.6 Å². The van der Waals surface area contributed by atoms with Crippen LogP contribution < -0.4 is 5.32 Å². The molecule has 0 saturated heterocycles. The fraction of sp³-hybridized carbons (Fsp3) is 0.192. The number of thioether (sulfide) groups is 2. The average Bonchev–Trinajstić information content (AvgIpc) is 3.25. The van der Waals surface area contributed by atoms with Gasteiger partial charge in [0.1, 0.15) is 11.6 Å². The normalized spacial score (nSPS) is 11.8. The zero-order chi connectivity index (χ0) is 23.9. The third-order valence-electron chi connectivity index (χ3n) is 5.13. The van der Waals surface area contributed by atoms with Crippen LogP contribution in [-0.2, 0) is 10.5 Å². The minimum Gasteiger partial charge on any atom is -0.508 e. The fourth-order valence-electron chi connectivity index (χ4n) is 3.34. The second-order valence-corrected chi connectivity index (χ2v) is 9.94. The van der Waals surface area contributed by atoms with E-state index in [0.717, 1.165) is 11.5 Å². The Kier molecular flexibility index (Phi) is 7.92. The Morgan fingerprint density at radius 1 is 1.03 bits per heavy atom. The predicted octanol–water partition coefficient (Wildman–Crippen LogP) is 6.08. The molecule has 0 bridgehead atoms. The number of rotatable bonds is 9. The molecule has 0 fully saturated rings. The summed E-state index contributed by atoms with van der Waals surface area (Å²) in [6.07, 6.45) is 0.615. The number of hydrogen-bond acceptors (Lipinski definition) is 6.